The molecule has 0 aromatic rings. The first kappa shape index (κ1) is 17.2. The van der Waals surface area contributed by atoms with Crippen molar-refractivity contribution in [3.8, 4) is 0 Å². The van der Waals surface area contributed by atoms with Crippen LogP contribution in [0.15, 0.2) is 0 Å². The predicted molar refractivity (Wildman–Crippen MR) is 72.4 cm³/mol. The van der Waals surface area contributed by atoms with E-state index in [1.807, 2.05) is 20.8 Å². The van der Waals surface area contributed by atoms with E-state index in [-0.39, 0.29) is 23.7 Å². The molecule has 0 aliphatic heterocycles. The summed E-state index contributed by atoms with van der Waals surface area (Å²) < 4.78 is 0. The van der Waals surface area contributed by atoms with Crippen LogP contribution in [0, 0.1) is 5.41 Å². The maximum atomic E-state index is 11.5. The number of amides is 2. The maximum Gasteiger partial charge on any atom is 0.314 e. The van der Waals surface area contributed by atoms with Crippen molar-refractivity contribution in [2.24, 2.45) is 5.41 Å². The predicted octanol–water partition coefficient (Wildman–Crippen LogP) is 1.24. The molecule has 0 fully saturated rings. The molecular formula is C13H28N2O3. The lowest BCUT2D eigenvalue weighted by molar-refractivity contribution is 0.128. The molecule has 0 radical (unpaired) electrons. The molecular weight excluding hydrogens is 232 g/mol. The van der Waals surface area contributed by atoms with Crippen molar-refractivity contribution in [3.05, 3.63) is 0 Å². The molecule has 0 aliphatic carbocycles. The van der Waals surface area contributed by atoms with Crippen molar-refractivity contribution in [3.63, 3.8) is 0 Å². The van der Waals surface area contributed by atoms with Crippen LogP contribution in [0.2, 0.25) is 0 Å². The molecule has 0 saturated heterocycles. The fourth-order valence-corrected chi connectivity index (χ4v) is 1.81. The minimum absolute atomic E-state index is 0.131. The topological polar surface area (TPSA) is 81.6 Å². The molecule has 0 aromatic carbocycles. The third kappa shape index (κ3) is 9.24. The fourth-order valence-electron chi connectivity index (χ4n) is 1.81. The third-order valence-electron chi connectivity index (χ3n) is 2.81. The standard InChI is InChI=1S/C13H28N2O3/c1-5-11(17)6-7-14-12(18)15-9-13(3,4)8-10(2)16/h10-11,16-17H,5-9H2,1-4H3,(H2,14,15,18). The van der Waals surface area contributed by atoms with E-state index < -0.39 is 0 Å². The van der Waals surface area contributed by atoms with Crippen molar-refractivity contribution in [1.29, 1.82) is 0 Å². The molecule has 2 unspecified atom stereocenters. The molecule has 0 aromatic heterocycles. The molecule has 0 rings (SSSR count). The van der Waals surface area contributed by atoms with Gasteiger partial charge in [-0.15, -0.1) is 0 Å². The first-order valence-electron chi connectivity index (χ1n) is 6.64. The third-order valence-corrected chi connectivity index (χ3v) is 2.81. The van der Waals surface area contributed by atoms with Crippen LogP contribution in [0.3, 0.4) is 0 Å². The van der Waals surface area contributed by atoms with Crippen LogP contribution in [0.5, 0.6) is 0 Å². The zero-order valence-corrected chi connectivity index (χ0v) is 12.0. The molecule has 2 amide bonds. The lowest BCUT2D eigenvalue weighted by Crippen LogP contribution is -2.42. The first-order chi connectivity index (χ1) is 8.26. The van der Waals surface area contributed by atoms with Crippen LogP contribution in [0.1, 0.15) is 47.0 Å². The minimum Gasteiger partial charge on any atom is -0.393 e. The zero-order valence-electron chi connectivity index (χ0n) is 12.0. The van der Waals surface area contributed by atoms with Crippen LogP contribution in [0.4, 0.5) is 4.79 Å². The van der Waals surface area contributed by atoms with E-state index in [0.29, 0.717) is 32.4 Å². The number of hydrogen-bond acceptors (Lipinski definition) is 3. The van der Waals surface area contributed by atoms with Crippen LogP contribution >= 0.6 is 0 Å². The number of hydrogen-bond donors (Lipinski definition) is 4. The Bertz CT molecular complexity index is 242. The Balaban J connectivity index is 3.76. The van der Waals surface area contributed by atoms with E-state index in [4.69, 9.17) is 0 Å². The van der Waals surface area contributed by atoms with Crippen molar-refractivity contribution < 1.29 is 15.0 Å². The van der Waals surface area contributed by atoms with E-state index in [1.165, 1.54) is 0 Å². The smallest absolute Gasteiger partial charge is 0.314 e. The van der Waals surface area contributed by atoms with Crippen LogP contribution in [-0.2, 0) is 0 Å². The quantitative estimate of drug-likeness (QED) is 0.530. The molecule has 18 heavy (non-hydrogen) atoms. The second kappa shape index (κ2) is 8.32. The molecule has 2 atom stereocenters. The average molecular weight is 260 g/mol. The average Bonchev–Trinajstić information content (AvgIpc) is 2.24. The van der Waals surface area contributed by atoms with E-state index >= 15 is 0 Å². The summed E-state index contributed by atoms with van der Waals surface area (Å²) >= 11 is 0. The van der Waals surface area contributed by atoms with Gasteiger partial charge in [0.2, 0.25) is 0 Å². The molecule has 4 N–H and O–H groups in total. The molecule has 108 valence electrons. The second-order valence-corrected chi connectivity index (χ2v) is 5.68. The lowest BCUT2D eigenvalue weighted by atomic mass is 9.87. The molecule has 0 saturated carbocycles. The Morgan fingerprint density at radius 2 is 1.89 bits per heavy atom. The Labute approximate surface area is 110 Å². The highest BCUT2D eigenvalue weighted by atomic mass is 16.3. The van der Waals surface area contributed by atoms with Gasteiger partial charge in [-0.1, -0.05) is 20.8 Å². The molecule has 5 heteroatoms. The van der Waals surface area contributed by atoms with Gasteiger partial charge in [0.1, 0.15) is 0 Å². The summed E-state index contributed by atoms with van der Waals surface area (Å²) in [4.78, 5) is 11.5. The highest BCUT2D eigenvalue weighted by Crippen LogP contribution is 2.20. The Morgan fingerprint density at radius 3 is 2.39 bits per heavy atom. The van der Waals surface area contributed by atoms with Gasteiger partial charge in [-0.2, -0.15) is 0 Å². The van der Waals surface area contributed by atoms with Gasteiger partial charge >= 0.3 is 6.03 Å². The number of carbonyl (C=O) groups excluding carboxylic acids is 1. The minimum atomic E-state index is -0.371. The molecule has 5 nitrogen and oxygen atoms in total. The van der Waals surface area contributed by atoms with Gasteiger partial charge in [-0.05, 0) is 31.6 Å². The van der Waals surface area contributed by atoms with Gasteiger partial charge in [-0.3, -0.25) is 0 Å². The van der Waals surface area contributed by atoms with Crippen molar-refractivity contribution in [2.75, 3.05) is 13.1 Å². The fraction of sp³-hybridized carbons (Fsp3) is 0.923. The van der Waals surface area contributed by atoms with Gasteiger partial charge in [0, 0.05) is 13.1 Å². The zero-order chi connectivity index (χ0) is 14.2. The largest absolute Gasteiger partial charge is 0.393 e. The number of carbonyl (C=O) groups is 1. The maximum absolute atomic E-state index is 11.5. The summed E-state index contributed by atoms with van der Waals surface area (Å²) in [6.07, 6.45) is 1.19. The highest BCUT2D eigenvalue weighted by molar-refractivity contribution is 5.73. The number of nitrogens with one attached hydrogen (secondary N) is 2. The van der Waals surface area contributed by atoms with Gasteiger partial charge in [0.15, 0.2) is 0 Å². The van der Waals surface area contributed by atoms with E-state index in [1.54, 1.807) is 6.92 Å². The van der Waals surface area contributed by atoms with Gasteiger partial charge < -0.3 is 20.8 Å². The van der Waals surface area contributed by atoms with Gasteiger partial charge in [0.05, 0.1) is 12.2 Å². The first-order valence-corrected chi connectivity index (χ1v) is 6.64. The molecule has 0 bridgehead atoms. The summed E-state index contributed by atoms with van der Waals surface area (Å²) in [5, 5.41) is 24.1. The van der Waals surface area contributed by atoms with Crippen LogP contribution in [-0.4, -0.2) is 41.5 Å². The lowest BCUT2D eigenvalue weighted by Gasteiger charge is -2.26. The number of urea groups is 1. The molecule has 0 spiro atoms. The summed E-state index contributed by atoms with van der Waals surface area (Å²) in [5.41, 5.74) is -0.131. The SMILES string of the molecule is CCC(O)CCNC(=O)NCC(C)(C)CC(C)O. The highest BCUT2D eigenvalue weighted by Gasteiger charge is 2.20. The van der Waals surface area contributed by atoms with Gasteiger partial charge in [0.25, 0.3) is 0 Å². The summed E-state index contributed by atoms with van der Waals surface area (Å²) in [7, 11) is 0. The van der Waals surface area contributed by atoms with Crippen LogP contribution < -0.4 is 10.6 Å². The van der Waals surface area contributed by atoms with E-state index in [9.17, 15) is 15.0 Å². The summed E-state index contributed by atoms with van der Waals surface area (Å²) in [5.74, 6) is 0. The number of aliphatic hydroxyl groups excluding tert-OH is 2. The number of rotatable bonds is 8. The van der Waals surface area contributed by atoms with Crippen molar-refractivity contribution in [1.82, 2.24) is 10.6 Å². The van der Waals surface area contributed by atoms with E-state index in [0.717, 1.165) is 0 Å². The van der Waals surface area contributed by atoms with Crippen molar-refractivity contribution >= 4 is 6.03 Å². The van der Waals surface area contributed by atoms with Crippen molar-refractivity contribution in [2.45, 2.75) is 59.2 Å². The van der Waals surface area contributed by atoms with E-state index in [2.05, 4.69) is 10.6 Å². The Morgan fingerprint density at radius 1 is 1.28 bits per heavy atom. The molecule has 0 aliphatic rings. The molecule has 0 heterocycles. The summed E-state index contributed by atoms with van der Waals surface area (Å²) in [6.45, 7) is 8.64. The van der Waals surface area contributed by atoms with Crippen LogP contribution in [0.25, 0.3) is 0 Å². The summed E-state index contributed by atoms with van der Waals surface area (Å²) in [6, 6.07) is -0.225. The normalized spacial score (nSPS) is 15.0. The Hall–Kier alpha value is -0.810. The monoisotopic (exact) mass is 260 g/mol. The van der Waals surface area contributed by atoms with Gasteiger partial charge in [-0.25, -0.2) is 4.79 Å². The second-order valence-electron chi connectivity index (χ2n) is 5.68. The Kier molecular flexibility index (Phi) is 7.95. The number of aliphatic hydroxyl groups is 2.